The summed E-state index contributed by atoms with van der Waals surface area (Å²) in [6.45, 7) is 1.89. The molecule has 2 N–H and O–H groups in total. The number of nitrogens with zero attached hydrogens (tertiary/aromatic N) is 1. The normalized spacial score (nSPS) is 22.1. The highest BCUT2D eigenvalue weighted by molar-refractivity contribution is 7.98. The number of β-amino-alcohol motifs (C(OH)–C–C–N with tert-alkyl or cyclic N) is 1. The molecule has 1 aromatic rings. The molecule has 1 saturated heterocycles. The van der Waals surface area contributed by atoms with Crippen molar-refractivity contribution in [2.45, 2.75) is 30.4 Å². The number of thioether (sulfide) groups is 1. The van der Waals surface area contributed by atoms with Crippen molar-refractivity contribution in [2.75, 3.05) is 12.8 Å². The van der Waals surface area contributed by atoms with Crippen LogP contribution in [0.5, 0.6) is 0 Å². The maximum atomic E-state index is 12.5. The second kappa shape index (κ2) is 5.85. The summed E-state index contributed by atoms with van der Waals surface area (Å²) in [6.07, 6.45) is 1.23. The number of carbonyl (C=O) groups excluding carboxylic acids is 1. The summed E-state index contributed by atoms with van der Waals surface area (Å²) in [5, 5.41) is 18.8. The maximum Gasteiger partial charge on any atom is 0.326 e. The van der Waals surface area contributed by atoms with Crippen LogP contribution in [0.1, 0.15) is 22.3 Å². The lowest BCUT2D eigenvalue weighted by Crippen LogP contribution is -2.40. The zero-order valence-corrected chi connectivity index (χ0v) is 12.2. The van der Waals surface area contributed by atoms with Crippen LogP contribution in [0.25, 0.3) is 0 Å². The number of amides is 1. The van der Waals surface area contributed by atoms with E-state index in [1.807, 2.05) is 25.3 Å². The molecule has 1 fully saturated rings. The summed E-state index contributed by atoms with van der Waals surface area (Å²) in [5.74, 6) is -1.41. The van der Waals surface area contributed by atoms with Crippen LogP contribution < -0.4 is 0 Å². The molecule has 1 aliphatic rings. The predicted octanol–water partition coefficient (Wildman–Crippen LogP) is 1.38. The zero-order valence-electron chi connectivity index (χ0n) is 11.4. The first-order chi connectivity index (χ1) is 9.43. The minimum absolute atomic E-state index is 0.0682. The third kappa shape index (κ3) is 2.81. The summed E-state index contributed by atoms with van der Waals surface area (Å²) in [7, 11) is 0. The Bertz CT molecular complexity index is 546. The third-order valence-corrected chi connectivity index (χ3v) is 4.23. The van der Waals surface area contributed by atoms with Gasteiger partial charge in [0.15, 0.2) is 0 Å². The van der Waals surface area contributed by atoms with E-state index in [9.17, 15) is 14.7 Å². The van der Waals surface area contributed by atoms with Crippen LogP contribution in [-0.2, 0) is 4.79 Å². The van der Waals surface area contributed by atoms with Gasteiger partial charge in [-0.15, -0.1) is 11.8 Å². The third-order valence-electron chi connectivity index (χ3n) is 3.50. The van der Waals surface area contributed by atoms with Gasteiger partial charge in [-0.3, -0.25) is 4.79 Å². The maximum absolute atomic E-state index is 12.5. The number of carboxylic acid groups (broad SMARTS) is 1. The number of hydrogen-bond acceptors (Lipinski definition) is 4. The van der Waals surface area contributed by atoms with Gasteiger partial charge in [0.05, 0.1) is 6.10 Å². The zero-order chi connectivity index (χ0) is 14.9. The largest absolute Gasteiger partial charge is 0.480 e. The smallest absolute Gasteiger partial charge is 0.326 e. The van der Waals surface area contributed by atoms with E-state index in [0.717, 1.165) is 10.5 Å². The Labute approximate surface area is 121 Å². The molecular formula is C14H17NO4S. The number of benzene rings is 1. The molecule has 108 valence electrons. The number of likely N-dealkylation sites (tertiary alicyclic amines) is 1. The molecule has 0 aromatic heterocycles. The average molecular weight is 295 g/mol. The van der Waals surface area contributed by atoms with Crippen molar-refractivity contribution < 1.29 is 19.8 Å². The van der Waals surface area contributed by atoms with Crippen molar-refractivity contribution in [1.82, 2.24) is 4.90 Å². The fraction of sp³-hybridized carbons (Fsp3) is 0.429. The van der Waals surface area contributed by atoms with Gasteiger partial charge in [0.2, 0.25) is 0 Å². The molecule has 0 saturated carbocycles. The Balaban J connectivity index is 2.33. The quantitative estimate of drug-likeness (QED) is 0.824. The highest BCUT2D eigenvalue weighted by atomic mass is 32.2. The lowest BCUT2D eigenvalue weighted by Gasteiger charge is -2.22. The van der Waals surface area contributed by atoms with Gasteiger partial charge in [0, 0.05) is 23.4 Å². The van der Waals surface area contributed by atoms with Crippen molar-refractivity contribution in [2.24, 2.45) is 0 Å². The molecule has 1 aromatic carbocycles. The minimum atomic E-state index is -1.08. The fourth-order valence-corrected chi connectivity index (χ4v) is 2.83. The first-order valence-electron chi connectivity index (χ1n) is 6.30. The number of aryl methyl sites for hydroxylation is 1. The van der Waals surface area contributed by atoms with Crippen molar-refractivity contribution in [3.8, 4) is 0 Å². The number of aliphatic hydroxyl groups is 1. The fourth-order valence-electron chi connectivity index (χ4n) is 2.39. The standard InChI is InChI=1S/C14H17NO4S/c1-8-3-4-10(20-2)6-11(8)13(17)15-7-9(16)5-12(15)14(18)19/h3-4,6,9,12,16H,5,7H2,1-2H3,(H,18,19)/t9-,12-/m1/s1. The lowest BCUT2D eigenvalue weighted by atomic mass is 10.1. The number of carbonyl (C=O) groups is 2. The van der Waals surface area contributed by atoms with Gasteiger partial charge in [-0.05, 0) is 30.9 Å². The Morgan fingerprint density at radius 3 is 2.70 bits per heavy atom. The first-order valence-corrected chi connectivity index (χ1v) is 7.53. The lowest BCUT2D eigenvalue weighted by molar-refractivity contribution is -0.141. The van der Waals surface area contributed by atoms with Gasteiger partial charge in [0.25, 0.3) is 5.91 Å². The molecule has 5 nitrogen and oxygen atoms in total. The molecule has 0 bridgehead atoms. The number of hydrogen-bond donors (Lipinski definition) is 2. The van der Waals surface area contributed by atoms with Crippen LogP contribution in [-0.4, -0.2) is 51.9 Å². The van der Waals surface area contributed by atoms with E-state index in [-0.39, 0.29) is 18.9 Å². The number of aliphatic carboxylic acids is 1. The molecule has 0 radical (unpaired) electrons. The van der Waals surface area contributed by atoms with E-state index >= 15 is 0 Å². The predicted molar refractivity (Wildman–Crippen MR) is 76.0 cm³/mol. The molecule has 2 atom stereocenters. The summed E-state index contributed by atoms with van der Waals surface area (Å²) in [6, 6.07) is 4.59. The summed E-state index contributed by atoms with van der Waals surface area (Å²) >= 11 is 1.52. The van der Waals surface area contributed by atoms with Crippen LogP contribution in [0.15, 0.2) is 23.1 Å². The highest BCUT2D eigenvalue weighted by Gasteiger charge is 2.39. The van der Waals surface area contributed by atoms with Gasteiger partial charge in [0.1, 0.15) is 6.04 Å². The average Bonchev–Trinajstić information content (AvgIpc) is 2.81. The Hall–Kier alpha value is -1.53. The first kappa shape index (κ1) is 14.9. The Kier molecular flexibility index (Phi) is 4.35. The molecule has 0 unspecified atom stereocenters. The Morgan fingerprint density at radius 2 is 2.10 bits per heavy atom. The SMILES string of the molecule is CSc1ccc(C)c(C(=O)N2C[C@H](O)C[C@@H]2C(=O)O)c1. The van der Waals surface area contributed by atoms with E-state index in [1.165, 1.54) is 16.7 Å². The van der Waals surface area contributed by atoms with Crippen LogP contribution >= 0.6 is 11.8 Å². The van der Waals surface area contributed by atoms with E-state index in [0.29, 0.717) is 5.56 Å². The molecule has 1 amide bonds. The number of carboxylic acids is 1. The molecular weight excluding hydrogens is 278 g/mol. The van der Waals surface area contributed by atoms with Gasteiger partial charge in [-0.1, -0.05) is 6.07 Å². The van der Waals surface area contributed by atoms with Crippen molar-refractivity contribution in [3.05, 3.63) is 29.3 Å². The van der Waals surface area contributed by atoms with E-state index in [1.54, 1.807) is 6.07 Å². The molecule has 1 aliphatic heterocycles. The van der Waals surface area contributed by atoms with Crippen LogP contribution in [0, 0.1) is 6.92 Å². The van der Waals surface area contributed by atoms with Gasteiger partial charge >= 0.3 is 5.97 Å². The molecule has 1 heterocycles. The van der Waals surface area contributed by atoms with E-state index < -0.39 is 18.1 Å². The summed E-state index contributed by atoms with van der Waals surface area (Å²) in [5.41, 5.74) is 1.30. The Morgan fingerprint density at radius 1 is 1.40 bits per heavy atom. The minimum Gasteiger partial charge on any atom is -0.480 e. The number of rotatable bonds is 3. The van der Waals surface area contributed by atoms with Crippen LogP contribution in [0.4, 0.5) is 0 Å². The van der Waals surface area contributed by atoms with E-state index in [4.69, 9.17) is 5.11 Å². The summed E-state index contributed by atoms with van der Waals surface area (Å²) in [4.78, 5) is 25.9. The summed E-state index contributed by atoms with van der Waals surface area (Å²) < 4.78 is 0. The second-order valence-electron chi connectivity index (χ2n) is 4.88. The molecule has 0 aliphatic carbocycles. The topological polar surface area (TPSA) is 77.8 Å². The second-order valence-corrected chi connectivity index (χ2v) is 5.76. The van der Waals surface area contributed by atoms with Gasteiger partial charge in [-0.2, -0.15) is 0 Å². The highest BCUT2D eigenvalue weighted by Crippen LogP contribution is 2.25. The number of aliphatic hydroxyl groups excluding tert-OH is 1. The van der Waals surface area contributed by atoms with Gasteiger partial charge in [-0.25, -0.2) is 4.79 Å². The van der Waals surface area contributed by atoms with Crippen molar-refractivity contribution in [1.29, 1.82) is 0 Å². The molecule has 20 heavy (non-hydrogen) atoms. The molecule has 6 heteroatoms. The van der Waals surface area contributed by atoms with Crippen LogP contribution in [0.3, 0.4) is 0 Å². The van der Waals surface area contributed by atoms with Gasteiger partial charge < -0.3 is 15.1 Å². The van der Waals surface area contributed by atoms with Crippen molar-refractivity contribution in [3.63, 3.8) is 0 Å². The monoisotopic (exact) mass is 295 g/mol. The van der Waals surface area contributed by atoms with Crippen molar-refractivity contribution >= 4 is 23.6 Å². The van der Waals surface area contributed by atoms with E-state index in [2.05, 4.69) is 0 Å². The van der Waals surface area contributed by atoms with Crippen LogP contribution in [0.2, 0.25) is 0 Å². The molecule has 2 rings (SSSR count). The molecule has 0 spiro atoms.